The molecule has 1 rings (SSSR count). The molecule has 0 bridgehead atoms. The fraction of sp³-hybridized carbons (Fsp3) is 0.600. The molecular formula is C5H7ArNO3. The first-order valence-electron chi connectivity index (χ1n) is 2.60. The van der Waals surface area contributed by atoms with E-state index in [1.54, 1.807) is 0 Å². The predicted molar refractivity (Wildman–Crippen MR) is 30.3 cm³/mol. The molecule has 1 aliphatic rings. The molecule has 0 atom stereocenters. The Hall–Kier alpha value is 0.200. The molecule has 0 N–H and O–H groups in total. The molecular weight excluding hydrogens is 162 g/mol. The quantitative estimate of drug-likeness (QED) is 0.501. The van der Waals surface area contributed by atoms with E-state index in [9.17, 15) is 4.79 Å². The van der Waals surface area contributed by atoms with Crippen LogP contribution in [-0.2, 0) is 14.3 Å². The summed E-state index contributed by atoms with van der Waals surface area (Å²) in [7, 11) is 1.30. The Kier molecular flexibility index (Phi) is 5.03. The molecule has 4 nitrogen and oxygen atoms in total. The van der Waals surface area contributed by atoms with Crippen molar-refractivity contribution in [3.05, 3.63) is 0 Å². The fourth-order valence-corrected chi connectivity index (χ4v) is 0.546. The van der Waals surface area contributed by atoms with E-state index in [0.717, 1.165) is 0 Å². The number of ether oxygens (including phenoxy) is 2. The van der Waals surface area contributed by atoms with Gasteiger partial charge in [-0.15, -0.1) is 0 Å². The number of aliphatic imine (C=N–C) groups is 1. The van der Waals surface area contributed by atoms with Crippen molar-refractivity contribution < 1.29 is 52.0 Å². The number of rotatable bonds is 1. The van der Waals surface area contributed by atoms with Crippen LogP contribution in [-0.4, -0.2) is 32.1 Å². The molecule has 0 aromatic carbocycles. The van der Waals surface area contributed by atoms with E-state index in [4.69, 9.17) is 4.74 Å². The summed E-state index contributed by atoms with van der Waals surface area (Å²) < 4.78 is 9.12. The molecule has 0 unspecified atom stereocenters. The van der Waals surface area contributed by atoms with Gasteiger partial charge in [0.2, 0.25) is 0 Å². The maximum atomic E-state index is 10.5. The average Bonchev–Trinajstić information content (AvgIpc) is 2.37. The van der Waals surface area contributed by atoms with E-state index in [-0.39, 0.29) is 43.6 Å². The van der Waals surface area contributed by atoms with Crippen molar-refractivity contribution in [1.29, 1.82) is 0 Å². The van der Waals surface area contributed by atoms with Crippen LogP contribution in [0.25, 0.3) is 0 Å². The third-order valence-corrected chi connectivity index (χ3v) is 0.945. The summed E-state index contributed by atoms with van der Waals surface area (Å²) in [6.07, 6.45) is 0. The van der Waals surface area contributed by atoms with Crippen LogP contribution in [0.2, 0.25) is 0 Å². The Bertz CT molecular complexity index is 157. The minimum Gasteiger partial charge on any atom is -0.471 e. The van der Waals surface area contributed by atoms with Gasteiger partial charge in [-0.05, 0) is 0 Å². The van der Waals surface area contributed by atoms with Gasteiger partial charge in [0.05, 0.1) is 13.7 Å². The van der Waals surface area contributed by atoms with Gasteiger partial charge >= 0.3 is 5.97 Å². The Morgan fingerprint density at radius 3 is 2.90 bits per heavy atom. The first kappa shape index (κ1) is 10.2. The Balaban J connectivity index is 0.000000810. The van der Waals surface area contributed by atoms with Gasteiger partial charge in [-0.25, -0.2) is 9.79 Å². The zero-order chi connectivity index (χ0) is 6.69. The van der Waals surface area contributed by atoms with Crippen molar-refractivity contribution in [3.63, 3.8) is 0 Å². The van der Waals surface area contributed by atoms with Gasteiger partial charge in [-0.3, -0.25) is 0 Å². The minimum absolute atomic E-state index is 0. The standard InChI is InChI=1S/C5H7NO3.Ar/c1-8-5(7)4-6-2-3-9-4;/h2-3H2,1H3;. The zero-order valence-electron chi connectivity index (χ0n) is 5.44. The molecule has 5 heteroatoms. The van der Waals surface area contributed by atoms with E-state index in [2.05, 4.69) is 9.73 Å². The zero-order valence-corrected chi connectivity index (χ0v) is 6.15. The number of carbonyl (C=O) groups is 1. The van der Waals surface area contributed by atoms with Crippen molar-refractivity contribution in [2.24, 2.45) is 4.99 Å². The third-order valence-electron chi connectivity index (χ3n) is 0.945. The summed E-state index contributed by atoms with van der Waals surface area (Å²) >= 11 is 0. The van der Waals surface area contributed by atoms with Crippen LogP contribution < -0.4 is 0 Å². The molecule has 0 amide bonds. The smallest absolute Gasteiger partial charge is 0.393 e. The van der Waals surface area contributed by atoms with E-state index < -0.39 is 5.97 Å². The summed E-state index contributed by atoms with van der Waals surface area (Å²) in [4.78, 5) is 14.3. The minimum atomic E-state index is -0.493. The van der Waals surface area contributed by atoms with E-state index >= 15 is 0 Å². The van der Waals surface area contributed by atoms with Crippen LogP contribution in [0, 0.1) is 37.7 Å². The molecule has 0 aromatic heterocycles. The average molecular weight is 169 g/mol. The van der Waals surface area contributed by atoms with Crippen molar-refractivity contribution in [3.8, 4) is 0 Å². The molecule has 58 valence electrons. The van der Waals surface area contributed by atoms with Crippen LogP contribution in [0.3, 0.4) is 0 Å². The van der Waals surface area contributed by atoms with Crippen LogP contribution in [0.5, 0.6) is 0 Å². The Labute approximate surface area is 88.6 Å². The third kappa shape index (κ3) is 2.44. The van der Waals surface area contributed by atoms with Crippen molar-refractivity contribution in [1.82, 2.24) is 0 Å². The molecule has 0 aromatic rings. The van der Waals surface area contributed by atoms with Gasteiger partial charge in [-0.1, -0.05) is 0 Å². The van der Waals surface area contributed by atoms with Crippen LogP contribution in [0.1, 0.15) is 0 Å². The second kappa shape index (κ2) is 4.93. The molecule has 1 heterocycles. The molecule has 0 saturated carbocycles. The summed E-state index contributed by atoms with van der Waals surface area (Å²) in [5, 5.41) is 0. The molecule has 1 aliphatic heterocycles. The molecule has 0 radical (unpaired) electrons. The van der Waals surface area contributed by atoms with Crippen LogP contribution in [0.4, 0.5) is 0 Å². The second-order valence-corrected chi connectivity index (χ2v) is 1.53. The molecule has 0 spiro atoms. The maximum Gasteiger partial charge on any atom is 0.393 e. The van der Waals surface area contributed by atoms with Gasteiger partial charge in [0, 0.05) is 37.7 Å². The number of esters is 1. The van der Waals surface area contributed by atoms with Crippen molar-refractivity contribution in [2.75, 3.05) is 20.3 Å². The second-order valence-electron chi connectivity index (χ2n) is 1.53. The molecule has 0 aliphatic carbocycles. The number of nitrogens with zero attached hydrogens (tertiary/aromatic N) is 1. The first-order chi connectivity index (χ1) is 4.34. The van der Waals surface area contributed by atoms with E-state index in [0.29, 0.717) is 13.2 Å². The molecule has 0 fully saturated rings. The summed E-state index contributed by atoms with van der Waals surface area (Å²) in [5.41, 5.74) is 0. The Morgan fingerprint density at radius 1 is 1.80 bits per heavy atom. The number of carbonyl (C=O) groups excluding carboxylic acids is 1. The van der Waals surface area contributed by atoms with Gasteiger partial charge in [-0.2, -0.15) is 0 Å². The van der Waals surface area contributed by atoms with Crippen molar-refractivity contribution >= 4 is 11.9 Å². The normalized spacial score (nSPS) is 14.7. The predicted octanol–water partition coefficient (Wildman–Crippen LogP) is -0.412. The largest absolute Gasteiger partial charge is 0.471 e. The summed E-state index contributed by atoms with van der Waals surface area (Å²) in [5.74, 6) is -0.398. The number of methoxy groups -OCH3 is 1. The van der Waals surface area contributed by atoms with E-state index in [1.165, 1.54) is 7.11 Å². The fourth-order valence-electron chi connectivity index (χ4n) is 0.546. The van der Waals surface area contributed by atoms with Crippen LogP contribution in [0.15, 0.2) is 4.99 Å². The Morgan fingerprint density at radius 2 is 2.50 bits per heavy atom. The monoisotopic (exact) mass is 169 g/mol. The summed E-state index contributed by atoms with van der Waals surface area (Å²) in [6, 6.07) is 0. The number of hydrogen-bond donors (Lipinski definition) is 0. The van der Waals surface area contributed by atoms with Gasteiger partial charge in [0.15, 0.2) is 0 Å². The molecule has 10 heavy (non-hydrogen) atoms. The first-order valence-corrected chi connectivity index (χ1v) is 2.60. The molecule has 0 saturated heterocycles. The maximum absolute atomic E-state index is 10.5. The SMILES string of the molecule is COC(=O)C1=NCCO1.[Ar]. The van der Waals surface area contributed by atoms with Gasteiger partial charge < -0.3 is 9.47 Å². The number of hydrogen-bond acceptors (Lipinski definition) is 4. The van der Waals surface area contributed by atoms with Gasteiger partial charge in [0.25, 0.3) is 5.90 Å². The van der Waals surface area contributed by atoms with Gasteiger partial charge in [0.1, 0.15) is 6.61 Å². The van der Waals surface area contributed by atoms with Crippen LogP contribution >= 0.6 is 0 Å². The van der Waals surface area contributed by atoms with E-state index in [1.807, 2.05) is 0 Å². The topological polar surface area (TPSA) is 47.9 Å². The summed E-state index contributed by atoms with van der Waals surface area (Å²) in [6.45, 7) is 1.05. The van der Waals surface area contributed by atoms with Crippen molar-refractivity contribution in [2.45, 2.75) is 0 Å².